The predicted molar refractivity (Wildman–Crippen MR) is 98.5 cm³/mol. The van der Waals surface area contributed by atoms with E-state index in [-0.39, 0.29) is 5.69 Å². The van der Waals surface area contributed by atoms with Crippen molar-refractivity contribution < 1.29 is 14.5 Å². The van der Waals surface area contributed by atoms with E-state index in [1.54, 1.807) is 12.1 Å². The lowest BCUT2D eigenvalue weighted by molar-refractivity contribution is -0.384. The number of nitro groups is 1. The third-order valence-electron chi connectivity index (χ3n) is 4.07. The second kappa shape index (κ2) is 7.60. The van der Waals surface area contributed by atoms with E-state index in [9.17, 15) is 14.9 Å². The summed E-state index contributed by atoms with van der Waals surface area (Å²) in [5.41, 5.74) is 2.64. The van der Waals surface area contributed by atoms with Crippen LogP contribution in [0.3, 0.4) is 0 Å². The molecule has 0 unspecified atom stereocenters. The van der Waals surface area contributed by atoms with Crippen LogP contribution in [-0.4, -0.2) is 35.2 Å². The molecule has 0 spiro atoms. The molecule has 0 aliphatic heterocycles. The maximum Gasteiger partial charge on any atom is 0.330 e. The number of methoxy groups -OCH3 is 1. The lowest BCUT2D eigenvalue weighted by Gasteiger charge is -2.09. The number of nitro benzene ring substituents is 1. The first-order valence-corrected chi connectivity index (χ1v) is 7.99. The van der Waals surface area contributed by atoms with E-state index in [4.69, 9.17) is 4.74 Å². The Labute approximate surface area is 149 Å². The van der Waals surface area contributed by atoms with Crippen LogP contribution in [-0.2, 0) is 16.0 Å². The SMILES string of the molecule is COC(=O)[C@H](Cc1c[nH]c2ccccc12)N=Cc1ccc([N+](=O)[O-])cc1. The Morgan fingerprint density at radius 1 is 1.27 bits per heavy atom. The van der Waals surface area contributed by atoms with E-state index in [0.717, 1.165) is 16.5 Å². The van der Waals surface area contributed by atoms with Crippen LogP contribution in [0.2, 0.25) is 0 Å². The quantitative estimate of drug-likeness (QED) is 0.319. The third kappa shape index (κ3) is 3.77. The number of aliphatic imine (C=N–C) groups is 1. The Kier molecular flexibility index (Phi) is 5.07. The van der Waals surface area contributed by atoms with Crippen molar-refractivity contribution in [2.75, 3.05) is 7.11 Å². The Hall–Kier alpha value is -3.48. The summed E-state index contributed by atoms with van der Waals surface area (Å²) in [4.78, 5) is 29.9. The standard InChI is InChI=1S/C19H17N3O4/c1-26-19(23)18(10-14-12-21-17-5-3-2-4-16(14)17)20-11-13-6-8-15(9-7-13)22(24)25/h2-9,11-12,18,21H,10H2,1H3/t18-/m0/s1. The van der Waals surface area contributed by atoms with Gasteiger partial charge < -0.3 is 9.72 Å². The monoisotopic (exact) mass is 351 g/mol. The summed E-state index contributed by atoms with van der Waals surface area (Å²) >= 11 is 0. The summed E-state index contributed by atoms with van der Waals surface area (Å²) in [5.74, 6) is -0.437. The lowest BCUT2D eigenvalue weighted by atomic mass is 10.1. The van der Waals surface area contributed by atoms with Crippen molar-refractivity contribution in [3.05, 3.63) is 76.0 Å². The molecule has 0 radical (unpaired) electrons. The fraction of sp³-hybridized carbons (Fsp3) is 0.158. The van der Waals surface area contributed by atoms with E-state index < -0.39 is 16.9 Å². The summed E-state index contributed by atoms with van der Waals surface area (Å²) < 4.78 is 4.86. The minimum atomic E-state index is -0.700. The number of rotatable bonds is 6. The minimum Gasteiger partial charge on any atom is -0.467 e. The average molecular weight is 351 g/mol. The molecule has 132 valence electrons. The van der Waals surface area contributed by atoms with Crippen molar-refractivity contribution in [3.8, 4) is 0 Å². The number of H-pyrrole nitrogens is 1. The van der Waals surface area contributed by atoms with Gasteiger partial charge in [0.2, 0.25) is 0 Å². The van der Waals surface area contributed by atoms with Gasteiger partial charge in [0, 0.05) is 41.9 Å². The molecule has 7 nitrogen and oxygen atoms in total. The molecule has 26 heavy (non-hydrogen) atoms. The number of esters is 1. The van der Waals surface area contributed by atoms with Gasteiger partial charge in [0.15, 0.2) is 6.04 Å². The number of hydrogen-bond donors (Lipinski definition) is 1. The Balaban J connectivity index is 1.82. The molecule has 0 fully saturated rings. The van der Waals surface area contributed by atoms with Gasteiger partial charge in [0.05, 0.1) is 12.0 Å². The first kappa shape index (κ1) is 17.3. The van der Waals surface area contributed by atoms with Gasteiger partial charge >= 0.3 is 5.97 Å². The number of carbonyl (C=O) groups excluding carboxylic acids is 1. The third-order valence-corrected chi connectivity index (χ3v) is 4.07. The lowest BCUT2D eigenvalue weighted by Crippen LogP contribution is -2.23. The van der Waals surface area contributed by atoms with E-state index in [1.807, 2.05) is 30.5 Å². The molecule has 0 amide bonds. The summed E-state index contributed by atoms with van der Waals surface area (Å²) in [5, 5.41) is 11.7. The van der Waals surface area contributed by atoms with E-state index in [2.05, 4.69) is 9.98 Å². The number of non-ortho nitro benzene ring substituents is 1. The summed E-state index contributed by atoms with van der Waals surface area (Å²) in [6.45, 7) is 0. The molecular weight excluding hydrogens is 334 g/mol. The van der Waals surface area contributed by atoms with Crippen molar-refractivity contribution in [2.24, 2.45) is 4.99 Å². The van der Waals surface area contributed by atoms with Crippen LogP contribution in [0.4, 0.5) is 5.69 Å². The summed E-state index contributed by atoms with van der Waals surface area (Å²) in [6.07, 6.45) is 3.78. The molecule has 0 aliphatic carbocycles. The van der Waals surface area contributed by atoms with Gasteiger partial charge in [0.25, 0.3) is 5.69 Å². The molecular formula is C19H17N3O4. The zero-order chi connectivity index (χ0) is 18.5. The molecule has 7 heteroatoms. The van der Waals surface area contributed by atoms with Gasteiger partial charge in [-0.3, -0.25) is 15.1 Å². The number of nitrogens with one attached hydrogen (secondary N) is 1. The Morgan fingerprint density at radius 2 is 2.00 bits per heavy atom. The van der Waals surface area contributed by atoms with Gasteiger partial charge in [-0.15, -0.1) is 0 Å². The minimum absolute atomic E-state index is 0.00506. The van der Waals surface area contributed by atoms with Crippen molar-refractivity contribution in [1.29, 1.82) is 0 Å². The molecule has 0 bridgehead atoms. The van der Waals surface area contributed by atoms with Gasteiger partial charge in [-0.1, -0.05) is 18.2 Å². The number of aromatic amines is 1. The molecule has 3 aromatic rings. The molecule has 0 saturated carbocycles. The van der Waals surface area contributed by atoms with Gasteiger partial charge in [0.1, 0.15) is 0 Å². The number of fused-ring (bicyclic) bond motifs is 1. The maximum atomic E-state index is 12.1. The summed E-state index contributed by atoms with van der Waals surface area (Å²) in [6, 6.07) is 13.1. The highest BCUT2D eigenvalue weighted by atomic mass is 16.6. The average Bonchev–Trinajstić information content (AvgIpc) is 3.07. The Bertz CT molecular complexity index is 960. The fourth-order valence-corrected chi connectivity index (χ4v) is 2.70. The largest absolute Gasteiger partial charge is 0.467 e. The molecule has 2 aromatic carbocycles. The molecule has 1 aromatic heterocycles. The normalized spacial score (nSPS) is 12.3. The highest BCUT2D eigenvalue weighted by molar-refractivity contribution is 5.86. The molecule has 0 aliphatic rings. The zero-order valence-electron chi connectivity index (χ0n) is 14.1. The van der Waals surface area contributed by atoms with E-state index in [0.29, 0.717) is 12.0 Å². The smallest absolute Gasteiger partial charge is 0.330 e. The van der Waals surface area contributed by atoms with Gasteiger partial charge in [-0.25, -0.2) is 4.79 Å². The van der Waals surface area contributed by atoms with Crippen LogP contribution in [0.5, 0.6) is 0 Å². The van der Waals surface area contributed by atoms with Crippen molar-refractivity contribution in [3.63, 3.8) is 0 Å². The van der Waals surface area contributed by atoms with Crippen molar-refractivity contribution in [1.82, 2.24) is 4.98 Å². The summed E-state index contributed by atoms with van der Waals surface area (Å²) in [7, 11) is 1.33. The van der Waals surface area contributed by atoms with E-state index >= 15 is 0 Å². The van der Waals surface area contributed by atoms with Crippen LogP contribution in [0, 0.1) is 10.1 Å². The Morgan fingerprint density at radius 3 is 2.69 bits per heavy atom. The van der Waals surface area contributed by atoms with Crippen LogP contribution in [0.1, 0.15) is 11.1 Å². The van der Waals surface area contributed by atoms with Crippen molar-refractivity contribution >= 4 is 28.8 Å². The topological polar surface area (TPSA) is 97.6 Å². The molecule has 3 rings (SSSR count). The van der Waals surface area contributed by atoms with Crippen LogP contribution in [0.15, 0.2) is 59.7 Å². The molecule has 0 saturated heterocycles. The number of aromatic nitrogens is 1. The van der Waals surface area contributed by atoms with Crippen LogP contribution < -0.4 is 0 Å². The predicted octanol–water partition coefficient (Wildman–Crippen LogP) is 3.28. The number of hydrogen-bond acceptors (Lipinski definition) is 5. The first-order valence-electron chi connectivity index (χ1n) is 7.99. The number of ether oxygens (including phenoxy) is 1. The van der Waals surface area contributed by atoms with Crippen molar-refractivity contribution in [2.45, 2.75) is 12.5 Å². The fourth-order valence-electron chi connectivity index (χ4n) is 2.70. The molecule has 1 heterocycles. The maximum absolute atomic E-state index is 12.1. The molecule has 1 atom stereocenters. The number of para-hydroxylation sites is 1. The second-order valence-electron chi connectivity index (χ2n) is 5.73. The number of carbonyl (C=O) groups is 1. The highest BCUT2D eigenvalue weighted by Crippen LogP contribution is 2.20. The van der Waals surface area contributed by atoms with Gasteiger partial charge in [-0.2, -0.15) is 0 Å². The van der Waals surface area contributed by atoms with Crippen LogP contribution in [0.25, 0.3) is 10.9 Å². The van der Waals surface area contributed by atoms with Crippen LogP contribution >= 0.6 is 0 Å². The first-order chi connectivity index (χ1) is 12.6. The van der Waals surface area contributed by atoms with Gasteiger partial charge in [-0.05, 0) is 29.3 Å². The highest BCUT2D eigenvalue weighted by Gasteiger charge is 2.19. The van der Waals surface area contributed by atoms with E-state index in [1.165, 1.54) is 25.5 Å². The second-order valence-corrected chi connectivity index (χ2v) is 5.73. The number of benzene rings is 2. The number of nitrogens with zero attached hydrogens (tertiary/aromatic N) is 2. The molecule has 1 N–H and O–H groups in total. The zero-order valence-corrected chi connectivity index (χ0v) is 14.1.